The Morgan fingerprint density at radius 2 is 2.40 bits per heavy atom. The average Bonchev–Trinajstić information content (AvgIpc) is 2.50. The van der Waals surface area contributed by atoms with Crippen molar-refractivity contribution in [3.63, 3.8) is 0 Å². The Bertz CT molecular complexity index is 412. The first-order valence-corrected chi connectivity index (χ1v) is 5.62. The topological polar surface area (TPSA) is 59.2 Å². The molecule has 0 saturated carbocycles. The Morgan fingerprint density at radius 1 is 1.67 bits per heavy atom. The molecule has 0 aromatic carbocycles. The lowest BCUT2D eigenvalue weighted by Gasteiger charge is -2.15. The molecule has 0 radical (unpaired) electrons. The fourth-order valence-electron chi connectivity index (χ4n) is 1.51. The quantitative estimate of drug-likeness (QED) is 0.854. The number of carbonyl (C=O) groups is 1. The molecule has 2 N–H and O–H groups in total. The lowest BCUT2D eigenvalue weighted by atomic mass is 10.3. The second-order valence-corrected chi connectivity index (χ2v) is 4.69. The molecule has 6 heteroatoms. The van der Waals surface area contributed by atoms with E-state index in [1.54, 1.807) is 11.0 Å². The van der Waals surface area contributed by atoms with Gasteiger partial charge in [0.2, 0.25) is 5.91 Å². The van der Waals surface area contributed by atoms with E-state index in [9.17, 15) is 4.79 Å². The zero-order chi connectivity index (χ0) is 11.0. The number of pyridine rings is 1. The Hall–Kier alpha value is -0.650. The van der Waals surface area contributed by atoms with Crippen LogP contribution in [0.1, 0.15) is 6.42 Å². The highest BCUT2D eigenvalue weighted by Crippen LogP contribution is 2.27. The summed E-state index contributed by atoms with van der Waals surface area (Å²) in [5.74, 6) is 0.591. The molecule has 0 spiro atoms. The van der Waals surface area contributed by atoms with Gasteiger partial charge in [0.05, 0.1) is 5.02 Å². The SMILES string of the molecule is NC1CC(=O)N(c2cc(Br)c(Cl)cn2)C1. The second-order valence-electron chi connectivity index (χ2n) is 3.43. The van der Waals surface area contributed by atoms with Gasteiger partial charge in [0, 0.05) is 29.7 Å². The van der Waals surface area contributed by atoms with Gasteiger partial charge in [-0.3, -0.25) is 9.69 Å². The van der Waals surface area contributed by atoms with E-state index in [1.165, 1.54) is 6.20 Å². The number of hydrogen-bond donors (Lipinski definition) is 1. The van der Waals surface area contributed by atoms with Crippen molar-refractivity contribution >= 4 is 39.3 Å². The maximum atomic E-state index is 11.5. The summed E-state index contributed by atoms with van der Waals surface area (Å²) >= 11 is 9.10. The molecule has 4 nitrogen and oxygen atoms in total. The molecule has 1 saturated heterocycles. The van der Waals surface area contributed by atoms with E-state index in [4.69, 9.17) is 17.3 Å². The molecule has 1 aliphatic heterocycles. The van der Waals surface area contributed by atoms with Gasteiger partial charge in [-0.15, -0.1) is 0 Å². The van der Waals surface area contributed by atoms with E-state index in [-0.39, 0.29) is 11.9 Å². The second kappa shape index (κ2) is 4.08. The van der Waals surface area contributed by atoms with Gasteiger partial charge >= 0.3 is 0 Å². The van der Waals surface area contributed by atoms with Crippen molar-refractivity contribution < 1.29 is 4.79 Å². The van der Waals surface area contributed by atoms with Crippen molar-refractivity contribution in [2.24, 2.45) is 5.73 Å². The number of nitrogens with zero attached hydrogens (tertiary/aromatic N) is 2. The Kier molecular flexibility index (Phi) is 2.95. The largest absolute Gasteiger partial charge is 0.326 e. The van der Waals surface area contributed by atoms with Gasteiger partial charge in [0.25, 0.3) is 0 Å². The van der Waals surface area contributed by atoms with E-state index < -0.39 is 0 Å². The molecule has 2 heterocycles. The standard InChI is InChI=1S/C9H9BrClN3O/c10-6-2-8(13-3-7(6)11)14-4-5(12)1-9(14)15/h2-3,5H,1,4,12H2. The Morgan fingerprint density at radius 3 is 2.93 bits per heavy atom. The maximum Gasteiger partial charge on any atom is 0.229 e. The molecular formula is C9H9BrClN3O. The van der Waals surface area contributed by atoms with Crippen LogP contribution in [0.2, 0.25) is 5.02 Å². The van der Waals surface area contributed by atoms with Crippen LogP contribution in [0.5, 0.6) is 0 Å². The lowest BCUT2D eigenvalue weighted by molar-refractivity contribution is -0.117. The summed E-state index contributed by atoms with van der Waals surface area (Å²) in [5.41, 5.74) is 5.69. The summed E-state index contributed by atoms with van der Waals surface area (Å²) in [5, 5.41) is 0.523. The van der Waals surface area contributed by atoms with E-state index in [1.807, 2.05) is 0 Å². The van der Waals surface area contributed by atoms with Crippen molar-refractivity contribution in [1.82, 2.24) is 4.98 Å². The first kappa shape index (κ1) is 10.9. The van der Waals surface area contributed by atoms with Gasteiger partial charge in [0.1, 0.15) is 5.82 Å². The normalized spacial score (nSPS) is 21.1. The van der Waals surface area contributed by atoms with E-state index in [0.717, 1.165) is 4.47 Å². The predicted octanol–water partition coefficient (Wildman–Crippen LogP) is 1.56. The summed E-state index contributed by atoms with van der Waals surface area (Å²) in [6.45, 7) is 0.514. The number of anilines is 1. The molecule has 1 aromatic heterocycles. The highest BCUT2D eigenvalue weighted by atomic mass is 79.9. The van der Waals surface area contributed by atoms with Crippen LogP contribution in [-0.4, -0.2) is 23.5 Å². The van der Waals surface area contributed by atoms with Crippen LogP contribution in [0.15, 0.2) is 16.7 Å². The molecule has 1 aromatic rings. The minimum absolute atomic E-state index is 0.00391. The minimum atomic E-state index is -0.103. The van der Waals surface area contributed by atoms with Gasteiger partial charge in [-0.05, 0) is 22.0 Å². The molecule has 0 bridgehead atoms. The number of amides is 1. The number of nitrogens with two attached hydrogens (primary N) is 1. The molecule has 15 heavy (non-hydrogen) atoms. The smallest absolute Gasteiger partial charge is 0.229 e. The zero-order valence-corrected chi connectivity index (χ0v) is 10.1. The summed E-state index contributed by atoms with van der Waals surface area (Å²) < 4.78 is 0.724. The molecule has 1 aliphatic rings. The number of carbonyl (C=O) groups excluding carboxylic acids is 1. The van der Waals surface area contributed by atoms with Gasteiger partial charge in [-0.2, -0.15) is 0 Å². The summed E-state index contributed by atoms with van der Waals surface area (Å²) in [4.78, 5) is 17.2. The number of hydrogen-bond acceptors (Lipinski definition) is 3. The molecule has 1 fully saturated rings. The zero-order valence-electron chi connectivity index (χ0n) is 7.78. The van der Waals surface area contributed by atoms with Crippen molar-refractivity contribution in [1.29, 1.82) is 0 Å². The van der Waals surface area contributed by atoms with Crippen LogP contribution >= 0.6 is 27.5 Å². The van der Waals surface area contributed by atoms with Gasteiger partial charge in [-0.1, -0.05) is 11.6 Å². The first-order chi connectivity index (χ1) is 7.08. The summed E-state index contributed by atoms with van der Waals surface area (Å²) in [6.07, 6.45) is 1.89. The number of halogens is 2. The van der Waals surface area contributed by atoms with Crippen LogP contribution in [0.25, 0.3) is 0 Å². The van der Waals surface area contributed by atoms with Crippen molar-refractivity contribution in [3.05, 3.63) is 21.8 Å². The fraction of sp³-hybridized carbons (Fsp3) is 0.333. The predicted molar refractivity (Wildman–Crippen MR) is 61.9 cm³/mol. The van der Waals surface area contributed by atoms with Gasteiger partial charge < -0.3 is 5.73 Å². The average molecular weight is 291 g/mol. The Balaban J connectivity index is 2.30. The molecule has 2 rings (SSSR count). The number of rotatable bonds is 1. The Labute approximate surface area is 101 Å². The van der Waals surface area contributed by atoms with E-state index in [2.05, 4.69) is 20.9 Å². The highest BCUT2D eigenvalue weighted by Gasteiger charge is 2.29. The van der Waals surface area contributed by atoms with Crippen LogP contribution in [0, 0.1) is 0 Å². The third kappa shape index (κ3) is 2.14. The fourth-order valence-corrected chi connectivity index (χ4v) is 1.92. The monoisotopic (exact) mass is 289 g/mol. The third-order valence-corrected chi connectivity index (χ3v) is 3.41. The first-order valence-electron chi connectivity index (χ1n) is 4.45. The van der Waals surface area contributed by atoms with Crippen LogP contribution < -0.4 is 10.6 Å². The lowest BCUT2D eigenvalue weighted by Crippen LogP contribution is -2.28. The van der Waals surface area contributed by atoms with E-state index in [0.29, 0.717) is 23.8 Å². The van der Waals surface area contributed by atoms with Crippen molar-refractivity contribution in [3.8, 4) is 0 Å². The van der Waals surface area contributed by atoms with Crippen LogP contribution in [-0.2, 0) is 4.79 Å². The van der Waals surface area contributed by atoms with E-state index >= 15 is 0 Å². The van der Waals surface area contributed by atoms with Gasteiger partial charge in [-0.25, -0.2) is 4.98 Å². The summed E-state index contributed by atoms with van der Waals surface area (Å²) in [6, 6.07) is 1.62. The molecule has 1 atom stereocenters. The number of aromatic nitrogens is 1. The molecule has 80 valence electrons. The summed E-state index contributed by atoms with van der Waals surface area (Å²) in [7, 11) is 0. The highest BCUT2D eigenvalue weighted by molar-refractivity contribution is 9.10. The van der Waals surface area contributed by atoms with Crippen LogP contribution in [0.4, 0.5) is 5.82 Å². The minimum Gasteiger partial charge on any atom is -0.326 e. The maximum absolute atomic E-state index is 11.5. The van der Waals surface area contributed by atoms with Crippen molar-refractivity contribution in [2.45, 2.75) is 12.5 Å². The molecular weight excluding hydrogens is 281 g/mol. The van der Waals surface area contributed by atoms with Gasteiger partial charge in [0.15, 0.2) is 0 Å². The molecule has 0 aliphatic carbocycles. The molecule has 1 unspecified atom stereocenters. The third-order valence-electron chi connectivity index (χ3n) is 2.23. The van der Waals surface area contributed by atoms with Crippen LogP contribution in [0.3, 0.4) is 0 Å². The molecule has 1 amide bonds. The van der Waals surface area contributed by atoms with Crippen molar-refractivity contribution in [2.75, 3.05) is 11.4 Å².